The molecule has 4 nitrogen and oxygen atoms in total. The summed E-state index contributed by atoms with van der Waals surface area (Å²) in [5.74, 6) is -0.0866. The predicted molar refractivity (Wildman–Crippen MR) is 52.4 cm³/mol. The second-order valence-corrected chi connectivity index (χ2v) is 4.25. The minimum Gasteiger partial charge on any atom is -0.394 e. The van der Waals surface area contributed by atoms with Gasteiger partial charge in [-0.3, -0.25) is 4.79 Å². The summed E-state index contributed by atoms with van der Waals surface area (Å²) < 4.78 is 0. The van der Waals surface area contributed by atoms with Crippen molar-refractivity contribution in [3.63, 3.8) is 0 Å². The van der Waals surface area contributed by atoms with Crippen molar-refractivity contribution < 1.29 is 9.90 Å². The lowest BCUT2D eigenvalue weighted by Gasteiger charge is -2.20. The van der Waals surface area contributed by atoms with E-state index in [4.69, 9.17) is 5.11 Å². The maximum Gasteiger partial charge on any atom is 0.234 e. The Balaban J connectivity index is 3.64. The smallest absolute Gasteiger partial charge is 0.234 e. The second-order valence-electron chi connectivity index (χ2n) is 4.25. The van der Waals surface area contributed by atoms with E-state index in [2.05, 4.69) is 10.6 Å². The summed E-state index contributed by atoms with van der Waals surface area (Å²) in [5.41, 5.74) is -0.0558. The molecule has 0 unspecified atom stereocenters. The third kappa shape index (κ3) is 7.74. The predicted octanol–water partition coefficient (Wildman–Crippen LogP) is -0.128. The standard InChI is InChI=1S/C9H20N2O2/c1-7(6-12)11-8(13)5-10-9(2,3)4/h7,10,12H,5-6H2,1-4H3,(H,11,13)/t7-/m1/s1. The Hall–Kier alpha value is -0.610. The van der Waals surface area contributed by atoms with Gasteiger partial charge >= 0.3 is 0 Å². The van der Waals surface area contributed by atoms with Gasteiger partial charge in [-0.05, 0) is 27.7 Å². The molecule has 0 aliphatic heterocycles. The summed E-state index contributed by atoms with van der Waals surface area (Å²) in [7, 11) is 0. The largest absolute Gasteiger partial charge is 0.394 e. The minimum atomic E-state index is -0.172. The fraction of sp³-hybridized carbons (Fsp3) is 0.889. The number of hydrogen-bond donors (Lipinski definition) is 3. The molecule has 78 valence electrons. The number of rotatable bonds is 4. The van der Waals surface area contributed by atoms with Crippen LogP contribution in [-0.2, 0) is 4.79 Å². The first-order chi connectivity index (χ1) is 5.85. The molecule has 0 aromatic carbocycles. The second kappa shape index (κ2) is 5.19. The average molecular weight is 188 g/mol. The SMILES string of the molecule is C[C@H](CO)NC(=O)CNC(C)(C)C. The van der Waals surface area contributed by atoms with Crippen LogP contribution in [0, 0.1) is 0 Å². The summed E-state index contributed by atoms with van der Waals surface area (Å²) >= 11 is 0. The van der Waals surface area contributed by atoms with E-state index in [-0.39, 0.29) is 30.6 Å². The number of nitrogens with one attached hydrogen (secondary N) is 2. The molecule has 0 fully saturated rings. The van der Waals surface area contributed by atoms with Crippen LogP contribution in [0.5, 0.6) is 0 Å². The fourth-order valence-corrected chi connectivity index (χ4v) is 0.717. The van der Waals surface area contributed by atoms with Gasteiger partial charge in [0.25, 0.3) is 0 Å². The van der Waals surface area contributed by atoms with Gasteiger partial charge in [0.05, 0.1) is 13.2 Å². The van der Waals surface area contributed by atoms with Crippen LogP contribution in [0.2, 0.25) is 0 Å². The molecule has 0 aromatic heterocycles. The van der Waals surface area contributed by atoms with E-state index in [1.54, 1.807) is 6.92 Å². The third-order valence-corrected chi connectivity index (χ3v) is 1.46. The van der Waals surface area contributed by atoms with Crippen LogP contribution >= 0.6 is 0 Å². The number of hydrogen-bond acceptors (Lipinski definition) is 3. The van der Waals surface area contributed by atoms with Crippen LogP contribution in [0.25, 0.3) is 0 Å². The van der Waals surface area contributed by atoms with Crippen molar-refractivity contribution in [2.45, 2.75) is 39.3 Å². The van der Waals surface area contributed by atoms with E-state index < -0.39 is 0 Å². The van der Waals surface area contributed by atoms with Crippen molar-refractivity contribution in [2.75, 3.05) is 13.2 Å². The van der Waals surface area contributed by atoms with Gasteiger partial charge in [-0.1, -0.05) is 0 Å². The third-order valence-electron chi connectivity index (χ3n) is 1.46. The highest BCUT2D eigenvalue weighted by Gasteiger charge is 2.12. The van der Waals surface area contributed by atoms with E-state index in [0.717, 1.165) is 0 Å². The molecule has 0 bridgehead atoms. The zero-order chi connectivity index (χ0) is 10.5. The molecular formula is C9H20N2O2. The summed E-state index contributed by atoms with van der Waals surface area (Å²) in [6.07, 6.45) is 0. The highest BCUT2D eigenvalue weighted by Crippen LogP contribution is 1.96. The Morgan fingerprint density at radius 3 is 2.38 bits per heavy atom. The lowest BCUT2D eigenvalue weighted by molar-refractivity contribution is -0.121. The van der Waals surface area contributed by atoms with Gasteiger partial charge in [-0.2, -0.15) is 0 Å². The van der Waals surface area contributed by atoms with Gasteiger partial charge in [0.1, 0.15) is 0 Å². The maximum atomic E-state index is 11.2. The highest BCUT2D eigenvalue weighted by atomic mass is 16.3. The van der Waals surface area contributed by atoms with E-state index in [0.29, 0.717) is 0 Å². The molecule has 0 radical (unpaired) electrons. The summed E-state index contributed by atoms with van der Waals surface area (Å²) in [6, 6.07) is -0.172. The summed E-state index contributed by atoms with van der Waals surface area (Å²) in [5, 5.41) is 14.4. The normalized spacial score (nSPS) is 13.9. The zero-order valence-corrected chi connectivity index (χ0v) is 8.85. The van der Waals surface area contributed by atoms with E-state index in [9.17, 15) is 4.79 Å². The van der Waals surface area contributed by atoms with Crippen molar-refractivity contribution in [1.29, 1.82) is 0 Å². The molecule has 0 spiro atoms. The minimum absolute atomic E-state index is 0.0265. The topological polar surface area (TPSA) is 61.4 Å². The molecule has 1 amide bonds. The van der Waals surface area contributed by atoms with Gasteiger partial charge in [0.2, 0.25) is 5.91 Å². The molecule has 13 heavy (non-hydrogen) atoms. The van der Waals surface area contributed by atoms with E-state index in [1.807, 2.05) is 20.8 Å². The number of carbonyl (C=O) groups is 1. The van der Waals surface area contributed by atoms with Crippen LogP contribution < -0.4 is 10.6 Å². The summed E-state index contributed by atoms with van der Waals surface area (Å²) in [6.45, 7) is 8.01. The summed E-state index contributed by atoms with van der Waals surface area (Å²) in [4.78, 5) is 11.2. The molecule has 0 saturated heterocycles. The van der Waals surface area contributed by atoms with Crippen molar-refractivity contribution in [3.8, 4) is 0 Å². The first-order valence-electron chi connectivity index (χ1n) is 4.50. The van der Waals surface area contributed by atoms with Gasteiger partial charge in [-0.15, -0.1) is 0 Å². The number of aliphatic hydroxyl groups is 1. The first-order valence-corrected chi connectivity index (χ1v) is 4.50. The van der Waals surface area contributed by atoms with Gasteiger partial charge in [-0.25, -0.2) is 0 Å². The highest BCUT2D eigenvalue weighted by molar-refractivity contribution is 5.78. The Kier molecular flexibility index (Phi) is 4.95. The van der Waals surface area contributed by atoms with Gasteiger partial charge < -0.3 is 15.7 Å². The Morgan fingerprint density at radius 2 is 2.00 bits per heavy atom. The van der Waals surface area contributed by atoms with E-state index in [1.165, 1.54) is 0 Å². The van der Waals surface area contributed by atoms with Gasteiger partial charge in [0.15, 0.2) is 0 Å². The zero-order valence-electron chi connectivity index (χ0n) is 8.85. The molecule has 0 aliphatic rings. The molecule has 1 atom stereocenters. The molecule has 3 N–H and O–H groups in total. The molecular weight excluding hydrogens is 168 g/mol. The lowest BCUT2D eigenvalue weighted by Crippen LogP contribution is -2.46. The molecule has 0 aromatic rings. The fourth-order valence-electron chi connectivity index (χ4n) is 0.717. The van der Waals surface area contributed by atoms with Crippen LogP contribution in [-0.4, -0.2) is 35.7 Å². The Bertz CT molecular complexity index is 163. The quantitative estimate of drug-likeness (QED) is 0.576. The first kappa shape index (κ1) is 12.4. The van der Waals surface area contributed by atoms with Crippen LogP contribution in [0.4, 0.5) is 0 Å². The molecule has 0 heterocycles. The van der Waals surface area contributed by atoms with Crippen molar-refractivity contribution in [1.82, 2.24) is 10.6 Å². The maximum absolute atomic E-state index is 11.2. The molecule has 0 aliphatic carbocycles. The molecule has 0 rings (SSSR count). The van der Waals surface area contributed by atoms with Gasteiger partial charge in [0, 0.05) is 11.6 Å². The average Bonchev–Trinajstić information content (AvgIpc) is 1.99. The monoisotopic (exact) mass is 188 g/mol. The Labute approximate surface area is 79.7 Å². The van der Waals surface area contributed by atoms with Crippen LogP contribution in [0.3, 0.4) is 0 Å². The van der Waals surface area contributed by atoms with Crippen molar-refractivity contribution in [2.24, 2.45) is 0 Å². The van der Waals surface area contributed by atoms with Crippen LogP contribution in [0.15, 0.2) is 0 Å². The molecule has 0 saturated carbocycles. The number of aliphatic hydroxyl groups excluding tert-OH is 1. The van der Waals surface area contributed by atoms with E-state index >= 15 is 0 Å². The van der Waals surface area contributed by atoms with Crippen molar-refractivity contribution in [3.05, 3.63) is 0 Å². The lowest BCUT2D eigenvalue weighted by atomic mass is 10.1. The Morgan fingerprint density at radius 1 is 1.46 bits per heavy atom. The number of carbonyl (C=O) groups excluding carboxylic acids is 1. The number of amides is 1. The molecule has 4 heteroatoms. The van der Waals surface area contributed by atoms with Crippen LogP contribution in [0.1, 0.15) is 27.7 Å². The van der Waals surface area contributed by atoms with Crippen molar-refractivity contribution >= 4 is 5.91 Å².